The van der Waals surface area contributed by atoms with Gasteiger partial charge < -0.3 is 20.1 Å². The van der Waals surface area contributed by atoms with Crippen molar-refractivity contribution in [2.24, 2.45) is 4.99 Å². The van der Waals surface area contributed by atoms with Crippen LogP contribution in [-0.4, -0.2) is 39.3 Å². The first-order valence-electron chi connectivity index (χ1n) is 5.91. The second kappa shape index (κ2) is 5.79. The van der Waals surface area contributed by atoms with Crippen molar-refractivity contribution in [2.75, 3.05) is 18.5 Å². The van der Waals surface area contributed by atoms with Gasteiger partial charge >= 0.3 is 0 Å². The van der Waals surface area contributed by atoms with Crippen molar-refractivity contribution < 1.29 is 10.2 Å². The van der Waals surface area contributed by atoms with E-state index in [1.165, 1.54) is 0 Å². The molecule has 1 aliphatic rings. The minimum atomic E-state index is -0.600. The van der Waals surface area contributed by atoms with Crippen molar-refractivity contribution in [1.29, 1.82) is 0 Å². The van der Waals surface area contributed by atoms with Gasteiger partial charge in [-0.3, -0.25) is 4.99 Å². The molecule has 0 radical (unpaired) electrons. The summed E-state index contributed by atoms with van der Waals surface area (Å²) >= 11 is 0. The van der Waals surface area contributed by atoms with Crippen LogP contribution in [0.5, 0.6) is 0 Å². The van der Waals surface area contributed by atoms with Crippen LogP contribution >= 0.6 is 0 Å². The molecule has 3 N–H and O–H groups in total. The molecule has 1 unspecified atom stereocenters. The van der Waals surface area contributed by atoms with Crippen molar-refractivity contribution in [3.05, 3.63) is 12.0 Å². The fraction of sp³-hybridized carbons (Fsp3) is 0.636. The molecule has 0 aromatic carbocycles. The van der Waals surface area contributed by atoms with Crippen LogP contribution in [0.2, 0.25) is 0 Å². The van der Waals surface area contributed by atoms with Crippen molar-refractivity contribution in [1.82, 2.24) is 9.55 Å². The van der Waals surface area contributed by atoms with Gasteiger partial charge in [0.1, 0.15) is 6.10 Å². The van der Waals surface area contributed by atoms with Gasteiger partial charge in [-0.15, -0.1) is 0 Å². The fourth-order valence-electron chi connectivity index (χ4n) is 1.95. The lowest BCUT2D eigenvalue weighted by molar-refractivity contribution is 0.178. The summed E-state index contributed by atoms with van der Waals surface area (Å²) in [7, 11) is 0. The molecule has 94 valence electrons. The van der Waals surface area contributed by atoms with E-state index < -0.39 is 6.10 Å². The Labute approximate surface area is 100 Å². The van der Waals surface area contributed by atoms with E-state index in [0.717, 1.165) is 31.5 Å². The number of anilines is 1. The highest BCUT2D eigenvalue weighted by atomic mass is 16.3. The second-order valence-electron chi connectivity index (χ2n) is 4.11. The average Bonchev–Trinajstić information content (AvgIpc) is 2.64. The van der Waals surface area contributed by atoms with Crippen molar-refractivity contribution >= 4 is 12.2 Å². The molecule has 0 saturated heterocycles. The SMILES string of the molecule is OCCCCCn1cnc2c1C(O)CN=CN2. The third-order valence-electron chi connectivity index (χ3n) is 2.82. The lowest BCUT2D eigenvalue weighted by Crippen LogP contribution is -2.10. The van der Waals surface area contributed by atoms with Crippen LogP contribution in [0.25, 0.3) is 0 Å². The number of imidazole rings is 1. The molecule has 1 aromatic rings. The van der Waals surface area contributed by atoms with E-state index in [-0.39, 0.29) is 6.61 Å². The van der Waals surface area contributed by atoms with E-state index >= 15 is 0 Å². The van der Waals surface area contributed by atoms with E-state index in [9.17, 15) is 5.11 Å². The highest BCUT2D eigenvalue weighted by molar-refractivity contribution is 5.75. The minimum absolute atomic E-state index is 0.236. The normalized spacial score (nSPS) is 18.6. The number of rotatable bonds is 5. The molecule has 6 nitrogen and oxygen atoms in total. The number of aliphatic hydroxyl groups excluding tert-OH is 2. The third-order valence-corrected chi connectivity index (χ3v) is 2.82. The van der Waals surface area contributed by atoms with Gasteiger partial charge in [0, 0.05) is 13.2 Å². The van der Waals surface area contributed by atoms with Crippen molar-refractivity contribution in [3.63, 3.8) is 0 Å². The summed E-state index contributed by atoms with van der Waals surface area (Å²) in [5.74, 6) is 0.681. The van der Waals surface area contributed by atoms with Gasteiger partial charge in [-0.05, 0) is 19.3 Å². The Kier molecular flexibility index (Phi) is 4.11. The molecule has 17 heavy (non-hydrogen) atoms. The third kappa shape index (κ3) is 2.83. The number of aliphatic imine (C=N–C) groups is 1. The maximum Gasteiger partial charge on any atom is 0.155 e. The lowest BCUT2D eigenvalue weighted by atomic mass is 10.2. The first-order valence-corrected chi connectivity index (χ1v) is 5.91. The fourth-order valence-corrected chi connectivity index (χ4v) is 1.95. The number of hydrogen-bond donors (Lipinski definition) is 3. The number of nitrogens with one attached hydrogen (secondary N) is 1. The van der Waals surface area contributed by atoms with Crippen LogP contribution in [0.15, 0.2) is 11.3 Å². The van der Waals surface area contributed by atoms with Gasteiger partial charge in [0.15, 0.2) is 5.82 Å². The number of hydrogen-bond acceptors (Lipinski definition) is 5. The summed E-state index contributed by atoms with van der Waals surface area (Å²) in [6, 6.07) is 0. The zero-order chi connectivity index (χ0) is 12.1. The molecule has 2 rings (SSSR count). The molecule has 0 bridgehead atoms. The summed E-state index contributed by atoms with van der Waals surface area (Å²) in [5, 5.41) is 21.6. The molecular weight excluding hydrogens is 220 g/mol. The summed E-state index contributed by atoms with van der Waals surface area (Å²) < 4.78 is 1.96. The Morgan fingerprint density at radius 3 is 3.12 bits per heavy atom. The maximum absolute atomic E-state index is 9.96. The zero-order valence-corrected chi connectivity index (χ0v) is 9.71. The van der Waals surface area contributed by atoms with Gasteiger partial charge in [0.05, 0.1) is 24.9 Å². The van der Waals surface area contributed by atoms with E-state index in [1.807, 2.05) is 4.57 Å². The summed E-state index contributed by atoms with van der Waals surface area (Å²) in [5.41, 5.74) is 0.798. The largest absolute Gasteiger partial charge is 0.396 e. The number of fused-ring (bicyclic) bond motifs is 1. The summed E-state index contributed by atoms with van der Waals surface area (Å²) in [6.45, 7) is 1.41. The highest BCUT2D eigenvalue weighted by Gasteiger charge is 2.20. The standard InChI is InChI=1S/C11H18N4O2/c16-5-3-1-2-4-15-8-14-11-10(15)9(17)6-12-7-13-11/h7-9,16-17H,1-6H2,(H,12,13). The van der Waals surface area contributed by atoms with Crippen LogP contribution in [0.1, 0.15) is 31.1 Å². The molecule has 0 spiro atoms. The molecule has 1 atom stereocenters. The van der Waals surface area contributed by atoms with Gasteiger partial charge in [0.25, 0.3) is 0 Å². The minimum Gasteiger partial charge on any atom is -0.396 e. The Bertz CT molecular complexity index is 389. The lowest BCUT2D eigenvalue weighted by Gasteiger charge is -2.12. The smallest absolute Gasteiger partial charge is 0.155 e. The van der Waals surface area contributed by atoms with Gasteiger partial charge in [-0.25, -0.2) is 4.98 Å². The molecule has 0 fully saturated rings. The first-order chi connectivity index (χ1) is 8.33. The summed E-state index contributed by atoms with van der Waals surface area (Å²) in [6.07, 6.45) is 5.47. The zero-order valence-electron chi connectivity index (χ0n) is 9.71. The molecule has 0 aliphatic carbocycles. The maximum atomic E-state index is 9.96. The Hall–Kier alpha value is -1.40. The van der Waals surface area contributed by atoms with Crippen molar-refractivity contribution in [3.8, 4) is 0 Å². The van der Waals surface area contributed by atoms with Crippen LogP contribution in [0, 0.1) is 0 Å². The van der Waals surface area contributed by atoms with Crippen LogP contribution in [0.3, 0.4) is 0 Å². The highest BCUT2D eigenvalue weighted by Crippen LogP contribution is 2.24. The first kappa shape index (κ1) is 12.1. The molecule has 2 heterocycles. The Balaban J connectivity index is 2.02. The quantitative estimate of drug-likeness (QED) is 0.654. The molecule has 0 amide bonds. The number of unbranched alkanes of at least 4 members (excludes halogenated alkanes) is 2. The number of aliphatic hydroxyl groups is 2. The predicted molar refractivity (Wildman–Crippen MR) is 65.1 cm³/mol. The monoisotopic (exact) mass is 238 g/mol. The Morgan fingerprint density at radius 2 is 2.29 bits per heavy atom. The van der Waals surface area contributed by atoms with Gasteiger partial charge in [-0.1, -0.05) is 0 Å². The van der Waals surface area contributed by atoms with Crippen LogP contribution < -0.4 is 5.32 Å². The van der Waals surface area contributed by atoms with E-state index in [4.69, 9.17) is 5.11 Å². The van der Waals surface area contributed by atoms with Crippen molar-refractivity contribution in [2.45, 2.75) is 31.9 Å². The molecule has 6 heteroatoms. The van der Waals surface area contributed by atoms with Crippen LogP contribution in [-0.2, 0) is 6.54 Å². The van der Waals surface area contributed by atoms with E-state index in [0.29, 0.717) is 12.4 Å². The number of aryl methyl sites for hydroxylation is 1. The Morgan fingerprint density at radius 1 is 1.41 bits per heavy atom. The number of aromatic nitrogens is 2. The second-order valence-corrected chi connectivity index (χ2v) is 4.11. The molecule has 1 aromatic heterocycles. The van der Waals surface area contributed by atoms with Gasteiger partial charge in [-0.2, -0.15) is 0 Å². The summed E-state index contributed by atoms with van der Waals surface area (Å²) in [4.78, 5) is 8.23. The average molecular weight is 238 g/mol. The van der Waals surface area contributed by atoms with Crippen LogP contribution in [0.4, 0.5) is 5.82 Å². The predicted octanol–water partition coefficient (Wildman–Crippen LogP) is 0.533. The molecule has 1 aliphatic heterocycles. The van der Waals surface area contributed by atoms with Gasteiger partial charge in [0.2, 0.25) is 0 Å². The van der Waals surface area contributed by atoms with E-state index in [2.05, 4.69) is 15.3 Å². The molecule has 0 saturated carbocycles. The van der Waals surface area contributed by atoms with E-state index in [1.54, 1.807) is 12.7 Å². The number of nitrogens with zero attached hydrogens (tertiary/aromatic N) is 3. The molecular formula is C11H18N4O2. The topological polar surface area (TPSA) is 82.7 Å².